The second-order valence-corrected chi connectivity index (χ2v) is 5.10. The highest BCUT2D eigenvalue weighted by Gasteiger charge is 2.14. The maximum absolute atomic E-state index is 9.66. The van der Waals surface area contributed by atoms with Crippen molar-refractivity contribution in [3.05, 3.63) is 52.8 Å². The molecule has 1 aromatic heterocycles. The second-order valence-electron chi connectivity index (χ2n) is 5.10. The van der Waals surface area contributed by atoms with Gasteiger partial charge in [-0.3, -0.25) is 4.68 Å². The summed E-state index contributed by atoms with van der Waals surface area (Å²) in [7, 11) is 1.97. The molecule has 0 aliphatic rings. The van der Waals surface area contributed by atoms with Gasteiger partial charge >= 0.3 is 0 Å². The van der Waals surface area contributed by atoms with Crippen LogP contribution in [0, 0.1) is 6.92 Å². The van der Waals surface area contributed by atoms with Crippen molar-refractivity contribution < 1.29 is 5.11 Å². The van der Waals surface area contributed by atoms with Gasteiger partial charge in [0.25, 0.3) is 0 Å². The number of hydrogen-bond donors (Lipinski definition) is 1. The zero-order valence-electron chi connectivity index (χ0n) is 11.9. The van der Waals surface area contributed by atoms with Crippen LogP contribution < -0.4 is 0 Å². The number of rotatable bonds is 5. The number of aliphatic hydroxyl groups excluding tert-OH is 1. The molecule has 0 saturated heterocycles. The molecule has 19 heavy (non-hydrogen) atoms. The lowest BCUT2D eigenvalue weighted by atomic mass is 9.93. The van der Waals surface area contributed by atoms with Gasteiger partial charge in [-0.05, 0) is 31.4 Å². The third-order valence-electron chi connectivity index (χ3n) is 3.58. The fourth-order valence-electron chi connectivity index (χ4n) is 2.40. The molecule has 0 radical (unpaired) electrons. The first-order valence-corrected chi connectivity index (χ1v) is 6.83. The van der Waals surface area contributed by atoms with E-state index in [1.165, 1.54) is 16.8 Å². The molecule has 3 nitrogen and oxygen atoms in total. The van der Waals surface area contributed by atoms with E-state index in [2.05, 4.69) is 43.2 Å². The molecule has 0 bridgehead atoms. The molecule has 2 aromatic rings. The Morgan fingerprint density at radius 3 is 2.68 bits per heavy atom. The topological polar surface area (TPSA) is 38.0 Å². The van der Waals surface area contributed by atoms with Crippen molar-refractivity contribution >= 4 is 0 Å². The lowest BCUT2D eigenvalue weighted by Gasteiger charge is -2.15. The van der Waals surface area contributed by atoms with Gasteiger partial charge in [0.2, 0.25) is 0 Å². The van der Waals surface area contributed by atoms with E-state index < -0.39 is 0 Å². The fourth-order valence-corrected chi connectivity index (χ4v) is 2.40. The summed E-state index contributed by atoms with van der Waals surface area (Å²) in [5.74, 6) is 0.139. The summed E-state index contributed by atoms with van der Waals surface area (Å²) in [4.78, 5) is 0. The zero-order chi connectivity index (χ0) is 13.8. The van der Waals surface area contributed by atoms with Crippen LogP contribution in [-0.2, 0) is 19.9 Å². The van der Waals surface area contributed by atoms with Crippen LogP contribution in [0.3, 0.4) is 0 Å². The Balaban J connectivity index is 2.21. The molecule has 2 rings (SSSR count). The van der Waals surface area contributed by atoms with Crippen molar-refractivity contribution in [1.82, 2.24) is 9.78 Å². The minimum Gasteiger partial charge on any atom is -0.396 e. The van der Waals surface area contributed by atoms with Crippen molar-refractivity contribution in [2.75, 3.05) is 6.61 Å². The number of benzene rings is 1. The molecule has 102 valence electrons. The van der Waals surface area contributed by atoms with E-state index >= 15 is 0 Å². The maximum Gasteiger partial charge on any atom is 0.0624 e. The largest absolute Gasteiger partial charge is 0.396 e. The molecule has 1 N–H and O–H groups in total. The van der Waals surface area contributed by atoms with Crippen LogP contribution in [0.5, 0.6) is 0 Å². The first-order valence-electron chi connectivity index (χ1n) is 6.83. The van der Waals surface area contributed by atoms with Crippen molar-refractivity contribution in [1.29, 1.82) is 0 Å². The predicted molar refractivity (Wildman–Crippen MR) is 77.3 cm³/mol. The van der Waals surface area contributed by atoms with Gasteiger partial charge in [-0.15, -0.1) is 0 Å². The number of hydrogen-bond acceptors (Lipinski definition) is 2. The quantitative estimate of drug-likeness (QED) is 0.895. The highest BCUT2D eigenvalue weighted by Crippen LogP contribution is 2.21. The van der Waals surface area contributed by atoms with E-state index in [1.807, 2.05) is 17.8 Å². The molecule has 0 saturated carbocycles. The van der Waals surface area contributed by atoms with Gasteiger partial charge in [-0.2, -0.15) is 5.10 Å². The highest BCUT2D eigenvalue weighted by molar-refractivity contribution is 5.27. The van der Waals surface area contributed by atoms with E-state index in [0.717, 1.165) is 18.5 Å². The van der Waals surface area contributed by atoms with E-state index in [1.54, 1.807) is 0 Å². The number of nitrogens with zero attached hydrogens (tertiary/aromatic N) is 2. The Labute approximate surface area is 114 Å². The minimum absolute atomic E-state index is 0.139. The van der Waals surface area contributed by atoms with Crippen LogP contribution in [0.4, 0.5) is 0 Å². The normalized spacial score (nSPS) is 12.6. The first kappa shape index (κ1) is 13.8. The third kappa shape index (κ3) is 3.24. The van der Waals surface area contributed by atoms with Crippen LogP contribution >= 0.6 is 0 Å². The van der Waals surface area contributed by atoms with E-state index in [9.17, 15) is 5.11 Å². The Hall–Kier alpha value is -1.61. The van der Waals surface area contributed by atoms with Crippen molar-refractivity contribution in [3.63, 3.8) is 0 Å². The molecule has 0 fully saturated rings. The van der Waals surface area contributed by atoms with E-state index in [4.69, 9.17) is 0 Å². The van der Waals surface area contributed by atoms with Crippen molar-refractivity contribution in [2.24, 2.45) is 7.05 Å². The summed E-state index contributed by atoms with van der Waals surface area (Å²) in [6, 6.07) is 10.5. The second kappa shape index (κ2) is 6.02. The zero-order valence-corrected chi connectivity index (χ0v) is 11.9. The van der Waals surface area contributed by atoms with Gasteiger partial charge < -0.3 is 5.11 Å². The SMILES string of the molecule is CCc1cc(CC(CO)c2cccc(C)c2)n(C)n1. The molecule has 0 aliphatic carbocycles. The summed E-state index contributed by atoms with van der Waals surface area (Å²) in [6.45, 7) is 4.35. The number of aryl methyl sites for hydroxylation is 3. The van der Waals surface area contributed by atoms with Crippen molar-refractivity contribution in [2.45, 2.75) is 32.6 Å². The predicted octanol–water partition coefficient (Wildman–Crippen LogP) is 2.61. The Bertz CT molecular complexity index is 545. The lowest BCUT2D eigenvalue weighted by molar-refractivity contribution is 0.263. The van der Waals surface area contributed by atoms with Crippen LogP contribution in [0.1, 0.15) is 35.4 Å². The molecule has 0 aliphatic heterocycles. The van der Waals surface area contributed by atoms with E-state index in [-0.39, 0.29) is 12.5 Å². The van der Waals surface area contributed by atoms with Gasteiger partial charge in [-0.25, -0.2) is 0 Å². The smallest absolute Gasteiger partial charge is 0.0624 e. The summed E-state index contributed by atoms with van der Waals surface area (Å²) < 4.78 is 1.93. The van der Waals surface area contributed by atoms with Gasteiger partial charge in [0.05, 0.1) is 12.3 Å². The minimum atomic E-state index is 0.139. The van der Waals surface area contributed by atoms with Crippen LogP contribution in [-0.4, -0.2) is 21.5 Å². The summed E-state index contributed by atoms with van der Waals surface area (Å²) in [6.07, 6.45) is 1.77. The maximum atomic E-state index is 9.66. The molecular formula is C16H22N2O. The Kier molecular flexibility index (Phi) is 4.38. The lowest BCUT2D eigenvalue weighted by Crippen LogP contribution is -2.10. The molecule has 0 amide bonds. The molecule has 3 heteroatoms. The molecule has 1 heterocycles. The van der Waals surface area contributed by atoms with Gasteiger partial charge in [0.15, 0.2) is 0 Å². The summed E-state index contributed by atoms with van der Waals surface area (Å²) >= 11 is 0. The fraction of sp³-hybridized carbons (Fsp3) is 0.438. The summed E-state index contributed by atoms with van der Waals surface area (Å²) in [5.41, 5.74) is 4.72. The first-order chi connectivity index (χ1) is 9.13. The third-order valence-corrected chi connectivity index (χ3v) is 3.58. The molecule has 1 aromatic carbocycles. The standard InChI is InChI=1S/C16H22N2O/c1-4-15-10-16(18(3)17-15)9-14(11-19)13-7-5-6-12(2)8-13/h5-8,10,14,19H,4,9,11H2,1-3H3. The molecule has 1 unspecified atom stereocenters. The molecular weight excluding hydrogens is 236 g/mol. The van der Waals surface area contributed by atoms with Gasteiger partial charge in [0.1, 0.15) is 0 Å². The number of aromatic nitrogens is 2. The molecule has 1 atom stereocenters. The van der Waals surface area contributed by atoms with Gasteiger partial charge in [0, 0.05) is 18.7 Å². The Morgan fingerprint density at radius 1 is 1.32 bits per heavy atom. The van der Waals surface area contributed by atoms with Crippen LogP contribution in [0.15, 0.2) is 30.3 Å². The van der Waals surface area contributed by atoms with Crippen LogP contribution in [0.25, 0.3) is 0 Å². The average molecular weight is 258 g/mol. The van der Waals surface area contributed by atoms with E-state index in [0.29, 0.717) is 0 Å². The number of aliphatic hydroxyl groups is 1. The van der Waals surface area contributed by atoms with Crippen LogP contribution in [0.2, 0.25) is 0 Å². The summed E-state index contributed by atoms with van der Waals surface area (Å²) in [5, 5.41) is 14.1. The Morgan fingerprint density at radius 2 is 2.11 bits per heavy atom. The monoisotopic (exact) mass is 258 g/mol. The molecule has 0 spiro atoms. The average Bonchev–Trinajstić information content (AvgIpc) is 2.76. The highest BCUT2D eigenvalue weighted by atomic mass is 16.3. The van der Waals surface area contributed by atoms with Gasteiger partial charge in [-0.1, -0.05) is 36.8 Å². The van der Waals surface area contributed by atoms with Crippen molar-refractivity contribution in [3.8, 4) is 0 Å².